The van der Waals surface area contributed by atoms with Crippen LogP contribution in [0.25, 0.3) is 0 Å². The van der Waals surface area contributed by atoms with Crippen LogP contribution >= 0.6 is 35.6 Å². The van der Waals surface area contributed by atoms with E-state index in [-0.39, 0.29) is 24.2 Å². The topological polar surface area (TPSA) is 80.0 Å². The Labute approximate surface area is 141 Å². The first-order valence-corrected chi connectivity index (χ1v) is 7.29. The summed E-state index contributed by atoms with van der Waals surface area (Å²) in [6, 6.07) is 1.13. The van der Waals surface area contributed by atoms with E-state index in [0.717, 1.165) is 6.42 Å². The number of nitrogens with zero attached hydrogens (tertiary/aromatic N) is 1. The molecule has 0 radical (unpaired) electrons. The molecule has 0 saturated heterocycles. The summed E-state index contributed by atoms with van der Waals surface area (Å²) < 4.78 is 0. The molecule has 5 nitrogen and oxygen atoms in total. The largest absolute Gasteiger partial charge is 0.367 e. The van der Waals surface area contributed by atoms with Crippen LogP contribution in [0.1, 0.15) is 20.3 Å². The zero-order valence-corrected chi connectivity index (χ0v) is 14.4. The number of nitrogens with two attached hydrogens (primary N) is 1. The quantitative estimate of drug-likeness (QED) is 0.657. The lowest BCUT2D eigenvalue weighted by atomic mass is 9.99. The minimum absolute atomic E-state index is 0. The lowest BCUT2D eigenvalue weighted by Gasteiger charge is -2.17. The van der Waals surface area contributed by atoms with Crippen LogP contribution in [-0.4, -0.2) is 30.0 Å². The third-order valence-electron chi connectivity index (χ3n) is 3.08. The Kier molecular flexibility index (Phi) is 9.70. The van der Waals surface area contributed by atoms with Crippen molar-refractivity contribution in [1.29, 1.82) is 0 Å². The lowest BCUT2D eigenvalue weighted by molar-refractivity contribution is -0.123. The molecular weight excluding hydrogens is 335 g/mol. The second kappa shape index (κ2) is 10.1. The Hall–Kier alpha value is -0.750. The van der Waals surface area contributed by atoms with Crippen molar-refractivity contribution in [1.82, 2.24) is 10.3 Å². The average molecular weight is 356 g/mol. The van der Waals surface area contributed by atoms with Crippen molar-refractivity contribution in [2.75, 3.05) is 18.4 Å². The van der Waals surface area contributed by atoms with Gasteiger partial charge in [0, 0.05) is 19.3 Å². The molecule has 1 aromatic rings. The van der Waals surface area contributed by atoms with Crippen molar-refractivity contribution in [2.45, 2.75) is 26.3 Å². The van der Waals surface area contributed by atoms with E-state index in [1.54, 1.807) is 6.07 Å². The second-order valence-electron chi connectivity index (χ2n) is 4.61. The number of aromatic nitrogens is 1. The SMILES string of the molecule is CCC(C)C(N)C(=O)NCCNc1ncc(Cl)cc1Cl.Cl. The first kappa shape index (κ1) is 20.2. The predicted molar refractivity (Wildman–Crippen MR) is 90.4 cm³/mol. The fourth-order valence-corrected chi connectivity index (χ4v) is 1.99. The predicted octanol–water partition coefficient (Wildman–Crippen LogP) is 2.71. The standard InChI is InChI=1S/C13H20Cl2N4O.ClH/c1-3-8(2)11(16)13(20)18-5-4-17-12-10(15)6-9(14)7-19-12;/h6-8,11H,3-5,16H2,1-2H3,(H,17,19)(H,18,20);1H. The summed E-state index contributed by atoms with van der Waals surface area (Å²) in [7, 11) is 0. The smallest absolute Gasteiger partial charge is 0.237 e. The van der Waals surface area contributed by atoms with E-state index in [1.165, 1.54) is 6.20 Å². The van der Waals surface area contributed by atoms with E-state index in [9.17, 15) is 4.79 Å². The van der Waals surface area contributed by atoms with E-state index >= 15 is 0 Å². The maximum Gasteiger partial charge on any atom is 0.237 e. The van der Waals surface area contributed by atoms with E-state index < -0.39 is 6.04 Å². The summed E-state index contributed by atoms with van der Waals surface area (Å²) >= 11 is 11.7. The van der Waals surface area contributed by atoms with Crippen LogP contribution in [0, 0.1) is 5.92 Å². The van der Waals surface area contributed by atoms with Crippen LogP contribution in [0.4, 0.5) is 5.82 Å². The van der Waals surface area contributed by atoms with Gasteiger partial charge in [-0.3, -0.25) is 4.79 Å². The Bertz CT molecular complexity index is 459. The van der Waals surface area contributed by atoms with Gasteiger partial charge >= 0.3 is 0 Å². The van der Waals surface area contributed by atoms with Gasteiger partial charge in [0.2, 0.25) is 5.91 Å². The molecule has 1 aromatic heterocycles. The molecule has 2 atom stereocenters. The van der Waals surface area contributed by atoms with Gasteiger partial charge in [0.25, 0.3) is 0 Å². The summed E-state index contributed by atoms with van der Waals surface area (Å²) in [6.45, 7) is 4.92. The van der Waals surface area contributed by atoms with Gasteiger partial charge in [-0.25, -0.2) is 4.98 Å². The second-order valence-corrected chi connectivity index (χ2v) is 5.46. The number of carbonyl (C=O) groups excluding carboxylic acids is 1. The van der Waals surface area contributed by atoms with Gasteiger partial charge in [0.15, 0.2) is 0 Å². The maximum atomic E-state index is 11.7. The third-order valence-corrected chi connectivity index (χ3v) is 3.58. The van der Waals surface area contributed by atoms with Gasteiger partial charge in [-0.05, 0) is 12.0 Å². The molecule has 1 amide bonds. The molecule has 2 unspecified atom stereocenters. The summed E-state index contributed by atoms with van der Waals surface area (Å²) in [5.74, 6) is 0.559. The molecule has 120 valence electrons. The molecule has 1 heterocycles. The molecule has 21 heavy (non-hydrogen) atoms. The van der Waals surface area contributed by atoms with Gasteiger partial charge in [-0.1, -0.05) is 43.5 Å². The van der Waals surface area contributed by atoms with Gasteiger partial charge in [0.05, 0.1) is 16.1 Å². The molecule has 0 spiro atoms. The number of rotatable bonds is 7. The van der Waals surface area contributed by atoms with Crippen molar-refractivity contribution >= 4 is 47.3 Å². The van der Waals surface area contributed by atoms with Crippen LogP contribution < -0.4 is 16.4 Å². The van der Waals surface area contributed by atoms with Crippen LogP contribution in [-0.2, 0) is 4.79 Å². The highest BCUT2D eigenvalue weighted by Gasteiger charge is 2.18. The number of nitrogens with one attached hydrogen (secondary N) is 2. The van der Waals surface area contributed by atoms with Crippen LogP contribution in [0.3, 0.4) is 0 Å². The Morgan fingerprint density at radius 3 is 2.67 bits per heavy atom. The number of pyridine rings is 1. The van der Waals surface area contributed by atoms with Crippen LogP contribution in [0.15, 0.2) is 12.3 Å². The van der Waals surface area contributed by atoms with Crippen LogP contribution in [0.5, 0.6) is 0 Å². The van der Waals surface area contributed by atoms with Crippen molar-refractivity contribution in [3.8, 4) is 0 Å². The molecule has 8 heteroatoms. The molecule has 4 N–H and O–H groups in total. The number of carbonyl (C=O) groups is 1. The molecule has 0 bridgehead atoms. The van der Waals surface area contributed by atoms with Crippen molar-refractivity contribution < 1.29 is 4.79 Å². The zero-order chi connectivity index (χ0) is 15.1. The molecule has 0 aliphatic heterocycles. The van der Waals surface area contributed by atoms with E-state index in [1.807, 2.05) is 13.8 Å². The fourth-order valence-electron chi connectivity index (χ4n) is 1.54. The normalized spacial score (nSPS) is 13.0. The number of anilines is 1. The number of hydrogen-bond donors (Lipinski definition) is 3. The molecule has 0 fully saturated rings. The lowest BCUT2D eigenvalue weighted by Crippen LogP contribution is -2.45. The van der Waals surface area contributed by atoms with Gasteiger partial charge in [-0.15, -0.1) is 12.4 Å². The highest BCUT2D eigenvalue weighted by molar-refractivity contribution is 6.35. The molecule has 0 aliphatic carbocycles. The Morgan fingerprint density at radius 1 is 1.43 bits per heavy atom. The van der Waals surface area contributed by atoms with Crippen molar-refractivity contribution in [3.63, 3.8) is 0 Å². The third kappa shape index (κ3) is 6.70. The van der Waals surface area contributed by atoms with Crippen molar-refractivity contribution in [2.24, 2.45) is 11.7 Å². The molecule has 0 aliphatic rings. The van der Waals surface area contributed by atoms with Gasteiger partial charge in [-0.2, -0.15) is 0 Å². The monoisotopic (exact) mass is 354 g/mol. The summed E-state index contributed by atoms with van der Waals surface area (Å²) in [5, 5.41) is 6.72. The van der Waals surface area contributed by atoms with Gasteiger partial charge < -0.3 is 16.4 Å². The van der Waals surface area contributed by atoms with E-state index in [0.29, 0.717) is 29.0 Å². The fraction of sp³-hybridized carbons (Fsp3) is 0.538. The maximum absolute atomic E-state index is 11.7. The van der Waals surface area contributed by atoms with Gasteiger partial charge in [0.1, 0.15) is 5.82 Å². The van der Waals surface area contributed by atoms with Crippen molar-refractivity contribution in [3.05, 3.63) is 22.3 Å². The highest BCUT2D eigenvalue weighted by atomic mass is 35.5. The number of hydrogen-bond acceptors (Lipinski definition) is 4. The zero-order valence-electron chi connectivity index (χ0n) is 12.0. The summed E-state index contributed by atoms with van der Waals surface area (Å²) in [4.78, 5) is 15.8. The minimum atomic E-state index is -0.475. The molecule has 0 saturated carbocycles. The van der Waals surface area contributed by atoms with E-state index in [4.69, 9.17) is 28.9 Å². The first-order chi connectivity index (χ1) is 9.45. The Balaban J connectivity index is 0.00000400. The van der Waals surface area contributed by atoms with Crippen LogP contribution in [0.2, 0.25) is 10.0 Å². The molecule has 1 rings (SSSR count). The summed E-state index contributed by atoms with van der Waals surface area (Å²) in [6.07, 6.45) is 2.38. The molecular formula is C13H21Cl3N4O. The molecule has 0 aromatic carbocycles. The first-order valence-electron chi connectivity index (χ1n) is 6.54. The Morgan fingerprint density at radius 2 is 2.10 bits per heavy atom. The average Bonchev–Trinajstić information content (AvgIpc) is 2.43. The number of amides is 1. The van der Waals surface area contributed by atoms with E-state index in [2.05, 4.69) is 15.6 Å². The number of halogens is 3. The highest BCUT2D eigenvalue weighted by Crippen LogP contribution is 2.21. The minimum Gasteiger partial charge on any atom is -0.367 e. The summed E-state index contributed by atoms with van der Waals surface area (Å²) in [5.41, 5.74) is 5.82.